The number of hydrogen-bond donors (Lipinski definition) is 2. The molecule has 2 aromatic rings. The smallest absolute Gasteiger partial charge is 0.234 e. The lowest BCUT2D eigenvalue weighted by Crippen LogP contribution is -2.44. The van der Waals surface area contributed by atoms with Crippen LogP contribution in [0.4, 0.5) is 0 Å². The molecule has 1 atom stereocenters. The Morgan fingerprint density at radius 3 is 2.50 bits per heavy atom. The van der Waals surface area contributed by atoms with Crippen LogP contribution in [0.3, 0.4) is 0 Å². The van der Waals surface area contributed by atoms with Gasteiger partial charge in [0.2, 0.25) is 11.8 Å². The molecule has 2 rings (SSSR count). The van der Waals surface area contributed by atoms with Gasteiger partial charge in [0.15, 0.2) is 0 Å². The van der Waals surface area contributed by atoms with Gasteiger partial charge < -0.3 is 10.6 Å². The molecule has 0 saturated carbocycles. The van der Waals surface area contributed by atoms with E-state index in [2.05, 4.69) is 28.6 Å². The fourth-order valence-corrected chi connectivity index (χ4v) is 3.58. The predicted octanol–water partition coefficient (Wildman–Crippen LogP) is 2.36. The molecule has 7 heteroatoms. The molecule has 0 bridgehead atoms. The number of nitrogens with zero attached hydrogens (tertiary/aromatic N) is 2. The second-order valence-electron chi connectivity index (χ2n) is 6.75. The quantitative estimate of drug-likeness (QED) is 0.705. The number of likely N-dealkylation sites (N-methyl/N-ethyl adjacent to an activating group) is 1. The molecular formula is C19H28N4O2S. The Bertz CT molecular complexity index is 711. The van der Waals surface area contributed by atoms with Crippen LogP contribution in [0.25, 0.3) is 10.2 Å². The maximum atomic E-state index is 12.2. The van der Waals surface area contributed by atoms with Crippen molar-refractivity contribution >= 4 is 33.4 Å². The minimum Gasteiger partial charge on any atom is -0.354 e. The number of rotatable bonds is 9. The van der Waals surface area contributed by atoms with Crippen molar-refractivity contribution in [3.63, 3.8) is 0 Å². The number of carbonyl (C=O) groups is 2. The summed E-state index contributed by atoms with van der Waals surface area (Å²) in [5.41, 5.74) is 0.999. The summed E-state index contributed by atoms with van der Waals surface area (Å²) < 4.78 is 1.16. The molecule has 6 nitrogen and oxygen atoms in total. The van der Waals surface area contributed by atoms with Crippen molar-refractivity contribution in [3.05, 3.63) is 29.3 Å². The number of aromatic nitrogens is 1. The van der Waals surface area contributed by atoms with E-state index in [4.69, 9.17) is 0 Å². The lowest BCUT2D eigenvalue weighted by Gasteiger charge is -2.20. The Morgan fingerprint density at radius 1 is 1.15 bits per heavy atom. The summed E-state index contributed by atoms with van der Waals surface area (Å²) in [5.74, 6) is 0.0188. The zero-order valence-corrected chi connectivity index (χ0v) is 16.7. The van der Waals surface area contributed by atoms with Gasteiger partial charge in [-0.25, -0.2) is 4.98 Å². The zero-order valence-electron chi connectivity index (χ0n) is 15.9. The largest absolute Gasteiger partial charge is 0.354 e. The molecule has 1 aromatic heterocycles. The standard InChI is InChI=1S/C19H28N4O2S/c1-5-23(12-18(25)21-13(2)3)11-17(24)20-10-14(4)19-22-15-8-6-7-9-16(15)26-19/h6-9,13-14H,5,10-12H2,1-4H3,(H,20,24)(H,21,25). The van der Waals surface area contributed by atoms with E-state index in [1.165, 1.54) is 0 Å². The first-order valence-electron chi connectivity index (χ1n) is 9.03. The minimum absolute atomic E-state index is 0.0579. The summed E-state index contributed by atoms with van der Waals surface area (Å²) in [6.07, 6.45) is 0. The second-order valence-corrected chi connectivity index (χ2v) is 7.81. The summed E-state index contributed by atoms with van der Waals surface area (Å²) in [7, 11) is 0. The van der Waals surface area contributed by atoms with Gasteiger partial charge >= 0.3 is 0 Å². The molecule has 142 valence electrons. The van der Waals surface area contributed by atoms with Crippen LogP contribution in [0.5, 0.6) is 0 Å². The van der Waals surface area contributed by atoms with Crippen molar-refractivity contribution in [1.29, 1.82) is 0 Å². The molecule has 0 aliphatic carbocycles. The third-order valence-electron chi connectivity index (χ3n) is 3.97. The summed E-state index contributed by atoms with van der Waals surface area (Å²) in [5, 5.41) is 6.83. The molecule has 0 aliphatic rings. The molecule has 0 radical (unpaired) electrons. The summed E-state index contributed by atoms with van der Waals surface area (Å²) in [6, 6.07) is 8.15. The van der Waals surface area contributed by atoms with E-state index in [0.717, 1.165) is 15.2 Å². The van der Waals surface area contributed by atoms with Gasteiger partial charge in [-0.2, -0.15) is 0 Å². The van der Waals surface area contributed by atoms with Crippen molar-refractivity contribution in [2.45, 2.75) is 39.7 Å². The van der Waals surface area contributed by atoms with E-state index in [1.807, 2.05) is 43.9 Å². The first-order chi connectivity index (χ1) is 12.4. The maximum Gasteiger partial charge on any atom is 0.234 e. The third-order valence-corrected chi connectivity index (χ3v) is 5.24. The van der Waals surface area contributed by atoms with Crippen molar-refractivity contribution in [1.82, 2.24) is 20.5 Å². The average Bonchev–Trinajstić information content (AvgIpc) is 3.02. The van der Waals surface area contributed by atoms with Crippen molar-refractivity contribution in [2.75, 3.05) is 26.2 Å². The molecule has 1 aromatic carbocycles. The molecule has 1 heterocycles. The third kappa shape index (κ3) is 6.07. The van der Waals surface area contributed by atoms with Crippen molar-refractivity contribution < 1.29 is 9.59 Å². The number of para-hydroxylation sites is 1. The second kappa shape index (κ2) is 9.64. The van der Waals surface area contributed by atoms with Gasteiger partial charge in [0.1, 0.15) is 0 Å². The van der Waals surface area contributed by atoms with E-state index < -0.39 is 0 Å². The maximum absolute atomic E-state index is 12.2. The zero-order chi connectivity index (χ0) is 19.1. The van der Waals surface area contributed by atoms with Crippen molar-refractivity contribution in [3.8, 4) is 0 Å². The van der Waals surface area contributed by atoms with Crippen LogP contribution >= 0.6 is 11.3 Å². The van der Waals surface area contributed by atoms with Gasteiger partial charge in [-0.05, 0) is 32.5 Å². The fraction of sp³-hybridized carbons (Fsp3) is 0.526. The Kier molecular flexibility index (Phi) is 7.53. The van der Waals surface area contributed by atoms with Gasteiger partial charge in [0.05, 0.1) is 28.3 Å². The highest BCUT2D eigenvalue weighted by Gasteiger charge is 2.16. The number of amides is 2. The molecule has 2 N–H and O–H groups in total. The number of fused-ring (bicyclic) bond motifs is 1. The number of thiazole rings is 1. The lowest BCUT2D eigenvalue weighted by atomic mass is 10.2. The highest BCUT2D eigenvalue weighted by Crippen LogP contribution is 2.26. The Morgan fingerprint density at radius 2 is 1.85 bits per heavy atom. The monoisotopic (exact) mass is 376 g/mol. The molecule has 1 unspecified atom stereocenters. The van der Waals surface area contributed by atoms with Gasteiger partial charge in [0.25, 0.3) is 0 Å². The van der Waals surface area contributed by atoms with Crippen LogP contribution in [0, 0.1) is 0 Å². The van der Waals surface area contributed by atoms with Crippen LogP contribution < -0.4 is 10.6 Å². The van der Waals surface area contributed by atoms with E-state index in [1.54, 1.807) is 11.3 Å². The highest BCUT2D eigenvalue weighted by atomic mass is 32.1. The number of carbonyl (C=O) groups excluding carboxylic acids is 2. The van der Waals surface area contributed by atoms with Gasteiger partial charge in [-0.3, -0.25) is 14.5 Å². The molecule has 0 spiro atoms. The summed E-state index contributed by atoms with van der Waals surface area (Å²) in [6.45, 7) is 9.48. The molecule has 0 aliphatic heterocycles. The number of benzene rings is 1. The number of hydrogen-bond acceptors (Lipinski definition) is 5. The van der Waals surface area contributed by atoms with Crippen LogP contribution in [0.1, 0.15) is 38.6 Å². The van der Waals surface area contributed by atoms with E-state index in [-0.39, 0.29) is 36.9 Å². The SMILES string of the molecule is CCN(CC(=O)NCC(C)c1nc2ccccc2s1)CC(=O)NC(C)C. The Balaban J connectivity index is 1.81. The first-order valence-corrected chi connectivity index (χ1v) is 9.84. The van der Waals surface area contributed by atoms with Gasteiger partial charge in [-0.1, -0.05) is 26.0 Å². The van der Waals surface area contributed by atoms with Gasteiger partial charge in [-0.15, -0.1) is 11.3 Å². The molecule has 2 amide bonds. The summed E-state index contributed by atoms with van der Waals surface area (Å²) in [4.78, 5) is 30.5. The molecule has 0 saturated heterocycles. The first kappa shape index (κ1) is 20.3. The highest BCUT2D eigenvalue weighted by molar-refractivity contribution is 7.18. The Labute approximate surface area is 159 Å². The Hall–Kier alpha value is -1.99. The lowest BCUT2D eigenvalue weighted by molar-refractivity contribution is -0.125. The topological polar surface area (TPSA) is 74.3 Å². The van der Waals surface area contributed by atoms with E-state index >= 15 is 0 Å². The predicted molar refractivity (Wildman–Crippen MR) is 106 cm³/mol. The van der Waals surface area contributed by atoms with Gasteiger partial charge in [0, 0.05) is 18.5 Å². The number of nitrogens with one attached hydrogen (secondary N) is 2. The fourth-order valence-electron chi connectivity index (χ4n) is 2.56. The van der Waals surface area contributed by atoms with E-state index in [0.29, 0.717) is 13.1 Å². The van der Waals surface area contributed by atoms with Crippen LogP contribution in [-0.4, -0.2) is 53.9 Å². The van der Waals surface area contributed by atoms with Crippen LogP contribution in [0.2, 0.25) is 0 Å². The van der Waals surface area contributed by atoms with Crippen LogP contribution in [-0.2, 0) is 9.59 Å². The molecule has 26 heavy (non-hydrogen) atoms. The molecular weight excluding hydrogens is 348 g/mol. The molecule has 0 fully saturated rings. The minimum atomic E-state index is -0.0721. The summed E-state index contributed by atoms with van der Waals surface area (Å²) >= 11 is 1.66. The average molecular weight is 377 g/mol. The van der Waals surface area contributed by atoms with Crippen LogP contribution in [0.15, 0.2) is 24.3 Å². The normalized spacial score (nSPS) is 12.5. The van der Waals surface area contributed by atoms with E-state index in [9.17, 15) is 9.59 Å². The van der Waals surface area contributed by atoms with Crippen molar-refractivity contribution in [2.24, 2.45) is 0 Å².